The van der Waals surface area contributed by atoms with Crippen molar-refractivity contribution in [1.29, 1.82) is 0 Å². The van der Waals surface area contributed by atoms with Gasteiger partial charge in [0.15, 0.2) is 0 Å². The molecule has 1 heterocycles. The molecular weight excluding hydrogens is 362 g/mol. The van der Waals surface area contributed by atoms with Crippen LogP contribution < -0.4 is 5.56 Å². The van der Waals surface area contributed by atoms with Crippen molar-refractivity contribution in [1.82, 2.24) is 9.78 Å². The standard InChI is InChI=1S/C22H16F2N2O2/c23-15-10-11-18(19(24)12-15)20(27)13-26-22(28)17-9-5-4-8-16(17)21(25-26)14-6-2-1-3-7-14/h1-12,20,27H,13H2. The molecule has 0 spiro atoms. The maximum absolute atomic E-state index is 14.0. The van der Waals surface area contributed by atoms with Crippen LogP contribution in [0.2, 0.25) is 0 Å². The molecule has 0 aliphatic carbocycles. The summed E-state index contributed by atoms with van der Waals surface area (Å²) in [4.78, 5) is 12.9. The fourth-order valence-electron chi connectivity index (χ4n) is 3.20. The molecule has 0 aliphatic rings. The molecule has 4 aromatic rings. The van der Waals surface area contributed by atoms with Crippen LogP contribution in [0.4, 0.5) is 8.78 Å². The number of aromatic nitrogens is 2. The fourth-order valence-corrected chi connectivity index (χ4v) is 3.20. The van der Waals surface area contributed by atoms with Gasteiger partial charge in [-0.25, -0.2) is 13.5 Å². The van der Waals surface area contributed by atoms with Crippen molar-refractivity contribution < 1.29 is 13.9 Å². The van der Waals surface area contributed by atoms with Gasteiger partial charge in [0, 0.05) is 22.6 Å². The predicted octanol–water partition coefficient (Wildman–Crippen LogP) is 4.08. The second-order valence-corrected chi connectivity index (χ2v) is 6.43. The highest BCUT2D eigenvalue weighted by Gasteiger charge is 2.18. The summed E-state index contributed by atoms with van der Waals surface area (Å²) in [5.41, 5.74) is 0.916. The summed E-state index contributed by atoms with van der Waals surface area (Å²) in [6.45, 7) is -0.258. The minimum absolute atomic E-state index is 0.0930. The normalized spacial score (nSPS) is 12.2. The number of halogens is 2. The van der Waals surface area contributed by atoms with Gasteiger partial charge in [0.25, 0.3) is 5.56 Å². The molecule has 0 aliphatic heterocycles. The van der Waals surface area contributed by atoms with E-state index in [1.54, 1.807) is 12.1 Å². The fraction of sp³-hybridized carbons (Fsp3) is 0.0909. The SMILES string of the molecule is O=c1c2ccccc2c(-c2ccccc2)nn1CC(O)c1ccc(F)cc1F. The molecule has 1 aromatic heterocycles. The van der Waals surface area contributed by atoms with Crippen LogP contribution in [0, 0.1) is 11.6 Å². The van der Waals surface area contributed by atoms with Crippen molar-refractivity contribution in [3.63, 3.8) is 0 Å². The van der Waals surface area contributed by atoms with E-state index < -0.39 is 23.3 Å². The summed E-state index contributed by atoms with van der Waals surface area (Å²) in [6, 6.07) is 19.4. The Morgan fingerprint density at radius 2 is 1.61 bits per heavy atom. The molecule has 4 rings (SSSR count). The van der Waals surface area contributed by atoms with Gasteiger partial charge in [-0.2, -0.15) is 5.10 Å². The molecule has 28 heavy (non-hydrogen) atoms. The van der Waals surface area contributed by atoms with Crippen LogP contribution in [0.3, 0.4) is 0 Å². The highest BCUT2D eigenvalue weighted by molar-refractivity contribution is 5.93. The third-order valence-electron chi connectivity index (χ3n) is 4.58. The van der Waals surface area contributed by atoms with Gasteiger partial charge in [0.2, 0.25) is 0 Å². The molecule has 3 aromatic carbocycles. The van der Waals surface area contributed by atoms with E-state index in [1.165, 1.54) is 6.07 Å². The number of rotatable bonds is 4. The lowest BCUT2D eigenvalue weighted by Crippen LogP contribution is -2.27. The van der Waals surface area contributed by atoms with Crippen molar-refractivity contribution in [3.05, 3.63) is 100 Å². The van der Waals surface area contributed by atoms with E-state index in [-0.39, 0.29) is 12.1 Å². The molecule has 0 saturated heterocycles. The summed E-state index contributed by atoms with van der Waals surface area (Å²) < 4.78 is 28.2. The molecule has 1 atom stereocenters. The third-order valence-corrected chi connectivity index (χ3v) is 4.58. The molecule has 0 amide bonds. The van der Waals surface area contributed by atoms with E-state index in [0.717, 1.165) is 16.3 Å². The molecule has 0 saturated carbocycles. The van der Waals surface area contributed by atoms with E-state index in [1.807, 2.05) is 42.5 Å². The quantitative estimate of drug-likeness (QED) is 0.582. The highest BCUT2D eigenvalue weighted by atomic mass is 19.1. The second-order valence-electron chi connectivity index (χ2n) is 6.43. The largest absolute Gasteiger partial charge is 0.386 e. The molecule has 1 N–H and O–H groups in total. The van der Waals surface area contributed by atoms with Gasteiger partial charge in [-0.3, -0.25) is 4.79 Å². The average molecular weight is 378 g/mol. The third kappa shape index (κ3) is 3.30. The molecule has 0 fully saturated rings. The lowest BCUT2D eigenvalue weighted by Gasteiger charge is -2.15. The highest BCUT2D eigenvalue weighted by Crippen LogP contribution is 2.25. The lowest BCUT2D eigenvalue weighted by atomic mass is 10.0. The van der Waals surface area contributed by atoms with Crippen LogP contribution in [-0.2, 0) is 6.54 Å². The Labute approximate surface area is 159 Å². The minimum atomic E-state index is -1.35. The van der Waals surface area contributed by atoms with Crippen molar-refractivity contribution in [2.45, 2.75) is 12.6 Å². The van der Waals surface area contributed by atoms with E-state index >= 15 is 0 Å². The van der Waals surface area contributed by atoms with Crippen LogP contribution in [0.1, 0.15) is 11.7 Å². The summed E-state index contributed by atoms with van der Waals surface area (Å²) in [7, 11) is 0. The number of hydrogen-bond acceptors (Lipinski definition) is 3. The Balaban J connectivity index is 1.83. The van der Waals surface area contributed by atoms with Crippen LogP contribution >= 0.6 is 0 Å². The van der Waals surface area contributed by atoms with Crippen molar-refractivity contribution >= 4 is 10.8 Å². The molecule has 0 radical (unpaired) electrons. The van der Waals surface area contributed by atoms with Gasteiger partial charge in [0.05, 0.1) is 17.6 Å². The van der Waals surface area contributed by atoms with Crippen molar-refractivity contribution in [3.8, 4) is 11.3 Å². The maximum atomic E-state index is 14.0. The van der Waals surface area contributed by atoms with E-state index in [4.69, 9.17) is 0 Å². The number of nitrogens with zero attached hydrogens (tertiary/aromatic N) is 2. The van der Waals surface area contributed by atoms with Crippen LogP contribution in [0.15, 0.2) is 77.6 Å². The first-order chi connectivity index (χ1) is 13.5. The monoisotopic (exact) mass is 378 g/mol. The maximum Gasteiger partial charge on any atom is 0.274 e. The molecule has 4 nitrogen and oxygen atoms in total. The Morgan fingerprint density at radius 1 is 0.929 bits per heavy atom. The number of fused-ring (bicyclic) bond motifs is 1. The summed E-state index contributed by atoms with van der Waals surface area (Å²) >= 11 is 0. The lowest BCUT2D eigenvalue weighted by molar-refractivity contribution is 0.145. The smallest absolute Gasteiger partial charge is 0.274 e. The first kappa shape index (κ1) is 18.0. The first-order valence-corrected chi connectivity index (χ1v) is 8.73. The number of aliphatic hydroxyl groups is 1. The van der Waals surface area contributed by atoms with Gasteiger partial charge in [0.1, 0.15) is 17.7 Å². The molecule has 140 valence electrons. The zero-order chi connectivity index (χ0) is 19.7. The van der Waals surface area contributed by atoms with Gasteiger partial charge in [-0.05, 0) is 12.1 Å². The number of aliphatic hydroxyl groups excluding tert-OH is 1. The van der Waals surface area contributed by atoms with E-state index in [9.17, 15) is 18.7 Å². The van der Waals surface area contributed by atoms with Gasteiger partial charge < -0.3 is 5.11 Å². The second kappa shape index (κ2) is 7.32. The van der Waals surface area contributed by atoms with E-state index in [0.29, 0.717) is 22.5 Å². The Bertz CT molecular complexity index is 1210. The number of hydrogen-bond donors (Lipinski definition) is 1. The molecule has 6 heteroatoms. The average Bonchev–Trinajstić information content (AvgIpc) is 2.70. The van der Waals surface area contributed by atoms with Crippen LogP contribution in [0.5, 0.6) is 0 Å². The van der Waals surface area contributed by atoms with Crippen molar-refractivity contribution in [2.24, 2.45) is 0 Å². The van der Waals surface area contributed by atoms with Gasteiger partial charge in [-0.15, -0.1) is 0 Å². The van der Waals surface area contributed by atoms with Crippen molar-refractivity contribution in [2.75, 3.05) is 0 Å². The Kier molecular flexibility index (Phi) is 4.71. The molecule has 0 bridgehead atoms. The Morgan fingerprint density at radius 3 is 2.32 bits per heavy atom. The molecular formula is C22H16F2N2O2. The minimum Gasteiger partial charge on any atom is -0.386 e. The zero-order valence-corrected chi connectivity index (χ0v) is 14.7. The van der Waals surface area contributed by atoms with Crippen LogP contribution in [0.25, 0.3) is 22.0 Å². The van der Waals surface area contributed by atoms with Gasteiger partial charge >= 0.3 is 0 Å². The first-order valence-electron chi connectivity index (χ1n) is 8.73. The summed E-state index contributed by atoms with van der Waals surface area (Å²) in [5, 5.41) is 16.0. The van der Waals surface area contributed by atoms with Crippen LogP contribution in [-0.4, -0.2) is 14.9 Å². The number of benzene rings is 3. The topological polar surface area (TPSA) is 55.1 Å². The Hall–Kier alpha value is -3.38. The summed E-state index contributed by atoms with van der Waals surface area (Å²) in [6.07, 6.45) is -1.35. The van der Waals surface area contributed by atoms with E-state index in [2.05, 4.69) is 5.10 Å². The summed E-state index contributed by atoms with van der Waals surface area (Å²) in [5.74, 6) is -1.61. The van der Waals surface area contributed by atoms with Gasteiger partial charge in [-0.1, -0.05) is 54.6 Å². The zero-order valence-electron chi connectivity index (χ0n) is 14.7. The molecule has 1 unspecified atom stereocenters. The predicted molar refractivity (Wildman–Crippen MR) is 103 cm³/mol.